The van der Waals surface area contributed by atoms with Crippen molar-refractivity contribution < 1.29 is 50.6 Å². The number of alkyl halides is 1. The van der Waals surface area contributed by atoms with E-state index in [2.05, 4.69) is 25.1 Å². The van der Waals surface area contributed by atoms with Gasteiger partial charge in [0.05, 0.1) is 11.3 Å². The van der Waals surface area contributed by atoms with E-state index in [1.807, 2.05) is 29.0 Å². The molecular formula is C45H43F3N8O8S. The van der Waals surface area contributed by atoms with Crippen LogP contribution >= 0.6 is 0 Å². The first kappa shape index (κ1) is 42.6. The van der Waals surface area contributed by atoms with Gasteiger partial charge in [0.1, 0.15) is 42.1 Å². The number of nitrogens with zero attached hydrogens (tertiary/aromatic N) is 5. The van der Waals surface area contributed by atoms with Crippen molar-refractivity contribution in [3.05, 3.63) is 107 Å². The fourth-order valence-corrected chi connectivity index (χ4v) is 10.9. The van der Waals surface area contributed by atoms with Crippen molar-refractivity contribution in [3.63, 3.8) is 0 Å². The minimum Gasteiger partial charge on any atom is -0.491 e. The highest BCUT2D eigenvalue weighted by atomic mass is 32.2. The van der Waals surface area contributed by atoms with Crippen LogP contribution in [0.25, 0.3) is 22.2 Å². The molecule has 4 saturated heterocycles. The molecule has 4 N–H and O–H groups in total. The zero-order valence-corrected chi connectivity index (χ0v) is 35.5. The number of hydrogen-bond acceptors (Lipinski definition) is 11. The van der Waals surface area contributed by atoms with Gasteiger partial charge in [-0.05, 0) is 72.5 Å². The minimum absolute atomic E-state index is 0.00528. The molecule has 3 aromatic carbocycles. The fourth-order valence-electron chi connectivity index (χ4n) is 9.66. The summed E-state index contributed by atoms with van der Waals surface area (Å²) in [4.78, 5) is 63.9. The summed E-state index contributed by atoms with van der Waals surface area (Å²) in [5, 5.41) is 13.4. The Labute approximate surface area is 370 Å². The Hall–Kier alpha value is -6.35. The number of carbonyl (C=O) groups is 4. The average Bonchev–Trinajstić information content (AvgIpc) is 3.98. The van der Waals surface area contributed by atoms with Crippen molar-refractivity contribution in [3.8, 4) is 16.9 Å². The number of ether oxygens (including phenoxy) is 1. The first-order valence-electron chi connectivity index (χ1n) is 21.2. The van der Waals surface area contributed by atoms with Crippen LogP contribution in [0.5, 0.6) is 5.75 Å². The Morgan fingerprint density at radius 2 is 1.78 bits per heavy atom. The predicted octanol–water partition coefficient (Wildman–Crippen LogP) is 3.76. The molecule has 338 valence electrons. The normalized spacial score (nSPS) is 21.3. The number of aliphatic hydroxyl groups excluding tert-OH is 1. The smallest absolute Gasteiger partial charge is 0.301 e. The topological polar surface area (TPSA) is 198 Å². The number of aliphatic hydroxyl groups is 1. The molecule has 3 atom stereocenters. The number of nitrogens with one attached hydrogen (secondary N) is 3. The van der Waals surface area contributed by atoms with E-state index in [-0.39, 0.29) is 61.8 Å². The minimum atomic E-state index is -4.37. The lowest BCUT2D eigenvalue weighted by Crippen LogP contribution is -2.72. The van der Waals surface area contributed by atoms with Crippen LogP contribution < -0.4 is 19.7 Å². The highest BCUT2D eigenvalue weighted by molar-refractivity contribution is 7.90. The summed E-state index contributed by atoms with van der Waals surface area (Å²) in [6, 6.07) is 15.6. The summed E-state index contributed by atoms with van der Waals surface area (Å²) in [5.41, 5.74) is 2.43. The second-order valence-corrected chi connectivity index (χ2v) is 19.2. The van der Waals surface area contributed by atoms with Gasteiger partial charge in [0.15, 0.2) is 5.82 Å². The largest absolute Gasteiger partial charge is 0.491 e. The summed E-state index contributed by atoms with van der Waals surface area (Å²) in [6.45, 7) is 3.57. The molecule has 0 saturated carbocycles. The number of anilines is 2. The van der Waals surface area contributed by atoms with Crippen molar-refractivity contribution in [1.29, 1.82) is 0 Å². The van der Waals surface area contributed by atoms with Gasteiger partial charge in [-0.1, -0.05) is 12.1 Å². The number of benzene rings is 3. The number of ketones is 1. The first-order chi connectivity index (χ1) is 31.1. The van der Waals surface area contributed by atoms with Crippen molar-refractivity contribution in [1.82, 2.24) is 29.4 Å². The second-order valence-electron chi connectivity index (χ2n) is 17.5. The monoisotopic (exact) mass is 912 g/mol. The first-order valence-corrected chi connectivity index (χ1v) is 22.7. The molecule has 2 aromatic heterocycles. The van der Waals surface area contributed by atoms with Gasteiger partial charge in [0.25, 0.3) is 5.91 Å². The molecule has 1 spiro atoms. The number of aromatic nitrogens is 2. The molecule has 10 rings (SSSR count). The molecule has 3 amide bonds. The Kier molecular flexibility index (Phi) is 10.7. The Morgan fingerprint density at radius 1 is 1.00 bits per heavy atom. The van der Waals surface area contributed by atoms with Crippen molar-refractivity contribution >= 4 is 56.1 Å². The number of halogens is 3. The Bertz CT molecular complexity index is 2880. The zero-order chi connectivity index (χ0) is 45.4. The molecule has 0 unspecified atom stereocenters. The van der Waals surface area contributed by atoms with E-state index in [1.54, 1.807) is 30.5 Å². The molecule has 5 aromatic rings. The summed E-state index contributed by atoms with van der Waals surface area (Å²) < 4.78 is 78.9. The van der Waals surface area contributed by atoms with Gasteiger partial charge in [-0.3, -0.25) is 34.1 Å². The number of aromatic amines is 1. The maximum absolute atomic E-state index is 15.7. The number of likely N-dealkylation sites (tertiary alicyclic amines) is 1. The lowest BCUT2D eigenvalue weighted by atomic mass is 9.72. The molecule has 5 aliphatic heterocycles. The van der Waals surface area contributed by atoms with Crippen LogP contribution in [-0.4, -0.2) is 132 Å². The number of imide groups is 1. The number of pyridine rings is 1. The number of carbonyl (C=O) groups excluding carboxylic acids is 4. The molecule has 0 radical (unpaired) electrons. The molecule has 20 heteroatoms. The van der Waals surface area contributed by atoms with Crippen LogP contribution in [0.3, 0.4) is 0 Å². The maximum Gasteiger partial charge on any atom is 0.301 e. The number of piperidine rings is 1. The summed E-state index contributed by atoms with van der Waals surface area (Å²) in [7, 11) is -4.37. The van der Waals surface area contributed by atoms with E-state index in [9.17, 15) is 37.1 Å². The molecule has 4 fully saturated rings. The average molecular weight is 913 g/mol. The molecule has 0 bridgehead atoms. The van der Waals surface area contributed by atoms with E-state index in [4.69, 9.17) is 4.74 Å². The number of amides is 3. The van der Waals surface area contributed by atoms with E-state index < -0.39 is 69.6 Å². The number of hydrogen-bond donors (Lipinski definition) is 4. The van der Waals surface area contributed by atoms with Gasteiger partial charge in [0, 0.05) is 104 Å². The highest BCUT2D eigenvalue weighted by Gasteiger charge is 2.52. The Balaban J connectivity index is 0.720. The van der Waals surface area contributed by atoms with Gasteiger partial charge in [0.2, 0.25) is 17.6 Å². The van der Waals surface area contributed by atoms with Crippen LogP contribution in [0, 0.1) is 17.0 Å². The Morgan fingerprint density at radius 3 is 2.52 bits per heavy atom. The number of β-amino-alcohol motifs (C(OH)–C–C–N with tert-alkyl or cyclic N) is 1. The SMILES string of the molecule is O=C1CC[C@@H](N2Cc3cc(OC[C@@H](O)CN4CC5(C4)CN(c4ccc(-c6cnc7[nH]cc(C(=O)c8c(F)ccc(NS(=O)(=O)N9CC[C@@H](F)C9)c8F)c7c6)cc4)C5)ccc3C2=O)C(=O)N1. The molecule has 16 nitrogen and oxygen atoms in total. The van der Waals surface area contributed by atoms with Gasteiger partial charge >= 0.3 is 10.2 Å². The fraction of sp³-hybridized carbons (Fsp3) is 0.356. The lowest BCUT2D eigenvalue weighted by molar-refractivity contribution is -0.136. The van der Waals surface area contributed by atoms with Gasteiger partial charge in [-0.25, -0.2) is 18.2 Å². The summed E-state index contributed by atoms with van der Waals surface area (Å²) in [6.07, 6.45) is 1.27. The zero-order valence-electron chi connectivity index (χ0n) is 34.7. The van der Waals surface area contributed by atoms with Gasteiger partial charge in [-0.15, -0.1) is 0 Å². The third-order valence-corrected chi connectivity index (χ3v) is 14.4. The van der Waals surface area contributed by atoms with Crippen molar-refractivity contribution in [2.24, 2.45) is 5.41 Å². The van der Waals surface area contributed by atoms with Crippen LogP contribution in [0.15, 0.2) is 73.1 Å². The third-order valence-electron chi connectivity index (χ3n) is 12.9. The van der Waals surface area contributed by atoms with E-state index in [1.165, 1.54) is 11.1 Å². The maximum atomic E-state index is 15.7. The van der Waals surface area contributed by atoms with Gasteiger partial charge < -0.3 is 24.6 Å². The van der Waals surface area contributed by atoms with Crippen molar-refractivity contribution in [2.75, 3.05) is 62.0 Å². The van der Waals surface area contributed by atoms with Crippen LogP contribution in [-0.2, 0) is 26.3 Å². The molecule has 7 heterocycles. The molecule has 0 aliphatic carbocycles. The highest BCUT2D eigenvalue weighted by Crippen LogP contribution is 2.42. The quantitative estimate of drug-likeness (QED) is 0.0992. The van der Waals surface area contributed by atoms with Crippen molar-refractivity contribution in [2.45, 2.75) is 44.1 Å². The van der Waals surface area contributed by atoms with E-state index in [0.29, 0.717) is 34.5 Å². The van der Waals surface area contributed by atoms with Crippen LogP contribution in [0.4, 0.5) is 24.5 Å². The lowest BCUT2D eigenvalue weighted by Gasteiger charge is -2.61. The molecular weight excluding hydrogens is 870 g/mol. The van der Waals surface area contributed by atoms with E-state index >= 15 is 8.78 Å². The van der Waals surface area contributed by atoms with Crippen LogP contribution in [0.2, 0.25) is 0 Å². The van der Waals surface area contributed by atoms with E-state index in [0.717, 1.165) is 59.4 Å². The third kappa shape index (κ3) is 7.97. The summed E-state index contributed by atoms with van der Waals surface area (Å²) >= 11 is 0. The molecule has 5 aliphatic rings. The second kappa shape index (κ2) is 16.3. The predicted molar refractivity (Wildman–Crippen MR) is 230 cm³/mol. The summed E-state index contributed by atoms with van der Waals surface area (Å²) in [5.74, 6) is -4.16. The van der Waals surface area contributed by atoms with Gasteiger partial charge in [-0.2, -0.15) is 12.7 Å². The standard InChI is InChI=1S/C45H43F3N8O8S/c46-28-11-12-55(18-28)65(62,63)52-36-8-7-35(47)39(40(36)48)41(59)34-16-50-42-33(34)14-26(15-49-42)25-1-3-29(4-2-25)54-23-45(24-54)21-53(22-45)19-30(57)20-64-31-5-6-32-27(13-31)17-56(44(32)61)37-9-10-38(58)51-43(37)60/h1-8,13-16,28,30,37,52,57H,9-12,17-24H2,(H,49,50)(H,51,58,60)/t28-,30+,37-/m1/s1. The number of fused-ring (bicyclic) bond motifs is 2. The number of H-pyrrole nitrogens is 1. The molecule has 65 heavy (non-hydrogen) atoms. The van der Waals surface area contributed by atoms with Crippen LogP contribution in [0.1, 0.15) is 51.1 Å². The number of rotatable bonds is 13.